The molecule has 0 aliphatic carbocycles. The smallest absolute Gasteiger partial charge is 0.142 e. The quantitative estimate of drug-likeness (QED) is 0.584. The molecular formula is C17H26FN2P. The van der Waals surface area contributed by atoms with Crippen LogP contribution >= 0.6 is 9.24 Å². The normalized spacial score (nSPS) is 17.8. The van der Waals surface area contributed by atoms with E-state index in [1.165, 1.54) is 24.1 Å². The molecule has 2 nitrogen and oxygen atoms in total. The Morgan fingerprint density at radius 3 is 2.67 bits per heavy atom. The van der Waals surface area contributed by atoms with Crippen LogP contribution in [0.15, 0.2) is 17.1 Å². The molecule has 1 aliphatic heterocycles. The van der Waals surface area contributed by atoms with E-state index in [0.29, 0.717) is 13.1 Å². The highest BCUT2D eigenvalue weighted by molar-refractivity contribution is 7.28. The van der Waals surface area contributed by atoms with Crippen molar-refractivity contribution in [3.63, 3.8) is 0 Å². The first kappa shape index (κ1) is 16.4. The van der Waals surface area contributed by atoms with Gasteiger partial charge in [-0.05, 0) is 56.6 Å². The third-order valence-corrected chi connectivity index (χ3v) is 4.78. The summed E-state index contributed by atoms with van der Waals surface area (Å²) in [4.78, 5) is 6.83. The van der Waals surface area contributed by atoms with Crippen LogP contribution in [0.4, 0.5) is 15.8 Å². The van der Waals surface area contributed by atoms with Gasteiger partial charge in [0, 0.05) is 11.4 Å². The van der Waals surface area contributed by atoms with Crippen molar-refractivity contribution in [2.45, 2.75) is 52.6 Å². The summed E-state index contributed by atoms with van der Waals surface area (Å²) >= 11 is 0. The van der Waals surface area contributed by atoms with Crippen molar-refractivity contribution in [3.05, 3.63) is 17.7 Å². The highest BCUT2D eigenvalue weighted by Crippen LogP contribution is 2.33. The Morgan fingerprint density at radius 2 is 2.10 bits per heavy atom. The zero-order valence-electron chi connectivity index (χ0n) is 13.5. The molecule has 1 atom stereocenters. The number of hydrogen-bond donors (Lipinski definition) is 0. The van der Waals surface area contributed by atoms with Crippen molar-refractivity contribution in [2.24, 2.45) is 4.99 Å². The number of nitrogens with zero attached hydrogens (tertiary/aromatic N) is 2. The molecule has 0 N–H and O–H groups in total. The van der Waals surface area contributed by atoms with Crippen LogP contribution in [0.2, 0.25) is 0 Å². The van der Waals surface area contributed by atoms with E-state index >= 15 is 0 Å². The van der Waals surface area contributed by atoms with Gasteiger partial charge >= 0.3 is 0 Å². The molecule has 0 aromatic heterocycles. The topological polar surface area (TPSA) is 15.6 Å². The Bertz CT molecular complexity index is 544. The highest BCUT2D eigenvalue weighted by atomic mass is 31.0. The lowest BCUT2D eigenvalue weighted by atomic mass is 9.97. The number of alkyl halides is 1. The second-order valence-corrected chi connectivity index (χ2v) is 6.94. The van der Waals surface area contributed by atoms with Gasteiger partial charge in [-0.25, -0.2) is 4.39 Å². The zero-order chi connectivity index (χ0) is 15.6. The summed E-state index contributed by atoms with van der Waals surface area (Å²) in [6, 6.07) is 4.12. The first-order valence-corrected chi connectivity index (χ1v) is 8.29. The lowest BCUT2D eigenvalue weighted by Crippen LogP contribution is -2.58. The molecule has 116 valence electrons. The van der Waals surface area contributed by atoms with Gasteiger partial charge in [-0.2, -0.15) is 0 Å². The summed E-state index contributed by atoms with van der Waals surface area (Å²) in [7, 11) is 2.80. The van der Waals surface area contributed by atoms with Crippen molar-refractivity contribution >= 4 is 31.6 Å². The first-order valence-electron chi connectivity index (χ1n) is 7.71. The minimum atomic E-state index is -1.04. The van der Waals surface area contributed by atoms with Crippen LogP contribution in [0.25, 0.3) is 0 Å². The predicted molar refractivity (Wildman–Crippen MR) is 94.5 cm³/mol. The molecule has 0 saturated carbocycles. The standard InChI is InChI=1S/C17H26FN2P/c1-5-6-7-12(2)19-14-8-9-15(16(21)13(14)3)20-10-17(4,18)11-20/h8-9H,5-7,10-11,21H2,1-4H3. The van der Waals surface area contributed by atoms with Crippen LogP contribution < -0.4 is 10.2 Å². The van der Waals surface area contributed by atoms with E-state index in [1.54, 1.807) is 6.92 Å². The van der Waals surface area contributed by atoms with E-state index in [9.17, 15) is 4.39 Å². The number of benzene rings is 1. The maximum atomic E-state index is 13.7. The van der Waals surface area contributed by atoms with Gasteiger partial charge in [0.1, 0.15) is 5.67 Å². The number of anilines is 1. The number of unbranched alkanes of at least 4 members (excludes halogenated alkanes) is 1. The number of rotatable bonds is 5. The molecule has 0 bridgehead atoms. The third kappa shape index (κ3) is 3.83. The number of aliphatic imine (C=N–C) groups is 1. The van der Waals surface area contributed by atoms with Gasteiger partial charge in [-0.3, -0.25) is 4.99 Å². The summed E-state index contributed by atoms with van der Waals surface area (Å²) in [6.45, 7) is 8.99. The average Bonchev–Trinajstić information content (AvgIpc) is 2.39. The van der Waals surface area contributed by atoms with Gasteiger partial charge in [0.25, 0.3) is 0 Å². The van der Waals surface area contributed by atoms with E-state index in [0.717, 1.165) is 23.1 Å². The molecule has 1 fully saturated rings. The molecule has 0 spiro atoms. The van der Waals surface area contributed by atoms with Crippen molar-refractivity contribution in [2.75, 3.05) is 18.0 Å². The molecule has 0 amide bonds. The molecule has 2 rings (SSSR count). The van der Waals surface area contributed by atoms with Crippen molar-refractivity contribution in [1.82, 2.24) is 0 Å². The maximum Gasteiger partial charge on any atom is 0.142 e. The Balaban J connectivity index is 2.18. The molecule has 1 aromatic carbocycles. The molecule has 1 saturated heterocycles. The molecule has 0 radical (unpaired) electrons. The van der Waals surface area contributed by atoms with Crippen LogP contribution in [-0.4, -0.2) is 24.5 Å². The largest absolute Gasteiger partial charge is 0.364 e. The summed E-state index contributed by atoms with van der Waals surface area (Å²) in [6.07, 6.45) is 3.43. The zero-order valence-corrected chi connectivity index (χ0v) is 14.7. The van der Waals surface area contributed by atoms with E-state index < -0.39 is 5.67 Å². The van der Waals surface area contributed by atoms with Gasteiger partial charge in [0.05, 0.1) is 18.8 Å². The minimum absolute atomic E-state index is 0.478. The molecule has 1 unspecified atom stereocenters. The van der Waals surface area contributed by atoms with Crippen molar-refractivity contribution in [1.29, 1.82) is 0 Å². The fourth-order valence-electron chi connectivity index (χ4n) is 2.71. The Morgan fingerprint density at radius 1 is 1.43 bits per heavy atom. The van der Waals surface area contributed by atoms with Gasteiger partial charge in [-0.1, -0.05) is 13.3 Å². The van der Waals surface area contributed by atoms with Gasteiger partial charge in [0.15, 0.2) is 0 Å². The summed E-state index contributed by atoms with van der Waals surface area (Å²) in [5.74, 6) is 0. The monoisotopic (exact) mass is 308 g/mol. The Labute approximate surface area is 130 Å². The van der Waals surface area contributed by atoms with Crippen molar-refractivity contribution in [3.8, 4) is 0 Å². The number of halogens is 1. The fourth-order valence-corrected chi connectivity index (χ4v) is 3.14. The second kappa shape index (κ2) is 6.44. The third-order valence-electron chi connectivity index (χ3n) is 4.05. The van der Waals surface area contributed by atoms with Crippen LogP contribution in [0, 0.1) is 6.92 Å². The molecule has 1 aromatic rings. The Hall–Kier alpha value is -0.950. The number of hydrogen-bond acceptors (Lipinski definition) is 2. The van der Waals surface area contributed by atoms with Crippen LogP contribution in [0.1, 0.15) is 45.6 Å². The average molecular weight is 308 g/mol. The highest BCUT2D eigenvalue weighted by Gasteiger charge is 2.39. The lowest BCUT2D eigenvalue weighted by Gasteiger charge is -2.44. The van der Waals surface area contributed by atoms with Gasteiger partial charge in [0.2, 0.25) is 0 Å². The van der Waals surface area contributed by atoms with Crippen molar-refractivity contribution < 1.29 is 4.39 Å². The van der Waals surface area contributed by atoms with E-state index in [1.807, 2.05) is 0 Å². The fraction of sp³-hybridized carbons (Fsp3) is 0.588. The van der Waals surface area contributed by atoms with E-state index in [4.69, 9.17) is 4.99 Å². The predicted octanol–water partition coefficient (Wildman–Crippen LogP) is 4.33. The van der Waals surface area contributed by atoms with Gasteiger partial charge in [-0.15, -0.1) is 9.24 Å². The molecule has 4 heteroatoms. The van der Waals surface area contributed by atoms with E-state index in [-0.39, 0.29) is 0 Å². The summed E-state index contributed by atoms with van der Waals surface area (Å²) < 4.78 is 13.7. The summed E-state index contributed by atoms with van der Waals surface area (Å²) in [5.41, 5.74) is 3.44. The first-order chi connectivity index (χ1) is 9.84. The molecule has 1 heterocycles. The molecular weight excluding hydrogens is 282 g/mol. The van der Waals surface area contributed by atoms with Crippen LogP contribution in [-0.2, 0) is 0 Å². The lowest BCUT2D eigenvalue weighted by molar-refractivity contribution is 0.145. The summed E-state index contributed by atoms with van der Waals surface area (Å²) in [5, 5.41) is 1.13. The SMILES string of the molecule is CCCCC(C)=Nc1ccc(N2CC(C)(F)C2)c(P)c1C. The van der Waals surface area contributed by atoms with E-state index in [2.05, 4.69) is 47.0 Å². The molecule has 1 aliphatic rings. The second-order valence-electron chi connectivity index (χ2n) is 6.36. The van der Waals surface area contributed by atoms with Crippen LogP contribution in [0.5, 0.6) is 0 Å². The minimum Gasteiger partial charge on any atom is -0.364 e. The van der Waals surface area contributed by atoms with Gasteiger partial charge < -0.3 is 4.90 Å². The molecule has 21 heavy (non-hydrogen) atoms. The maximum absolute atomic E-state index is 13.7. The van der Waals surface area contributed by atoms with Crippen LogP contribution in [0.3, 0.4) is 0 Å². The Kier molecular flexibility index (Phi) is 5.03.